The minimum absolute atomic E-state index is 0. The van der Waals surface area contributed by atoms with Gasteiger partial charge in [0.15, 0.2) is 0 Å². The quantitative estimate of drug-likeness (QED) is 0.0711. The summed E-state index contributed by atoms with van der Waals surface area (Å²) in [6.07, 6.45) is 5.80. The van der Waals surface area contributed by atoms with E-state index in [4.69, 9.17) is 11.5 Å². The second kappa shape index (κ2) is 18.3. The first-order chi connectivity index (χ1) is 22.5. The molecule has 0 bridgehead atoms. The number of nitrogens with zero attached hydrogens (tertiary/aromatic N) is 7. The Morgan fingerprint density at radius 1 is 0.625 bits per heavy atom. The zero-order valence-corrected chi connectivity index (χ0v) is 35.5. The van der Waals surface area contributed by atoms with Crippen molar-refractivity contribution in [2.45, 2.75) is 40.4 Å². The third-order valence-corrected chi connectivity index (χ3v) is 8.51. The first-order valence-corrected chi connectivity index (χ1v) is 17.1. The van der Waals surface area contributed by atoms with Crippen LogP contribution in [0.4, 0.5) is 17.1 Å². The van der Waals surface area contributed by atoms with E-state index in [9.17, 15) is 10.1 Å². The number of anilines is 2. The Balaban J connectivity index is 0.000000194. The van der Waals surface area contributed by atoms with E-state index in [1.54, 1.807) is 16.8 Å². The van der Waals surface area contributed by atoms with Gasteiger partial charge in [0.25, 0.3) is 5.69 Å². The van der Waals surface area contributed by atoms with Gasteiger partial charge < -0.3 is 11.5 Å². The molecular weight excluding hydrogens is 913 g/mol. The molecule has 3 heterocycles. The number of aryl methyl sites for hydroxylation is 3. The predicted octanol–water partition coefficient (Wildman–Crippen LogP) is 8.15. The van der Waals surface area contributed by atoms with Crippen LogP contribution in [0, 0.1) is 10.1 Å². The van der Waals surface area contributed by atoms with Crippen molar-refractivity contribution in [3.8, 4) is 33.8 Å². The van der Waals surface area contributed by atoms with E-state index in [0.29, 0.717) is 0 Å². The molecule has 0 atom stereocenters. The van der Waals surface area contributed by atoms with Gasteiger partial charge in [-0.1, -0.05) is 36.4 Å². The van der Waals surface area contributed by atoms with Crippen LogP contribution in [0.1, 0.15) is 20.8 Å². The summed E-state index contributed by atoms with van der Waals surface area (Å²) in [5.74, 6) is 0. The number of halogens is 3. The van der Waals surface area contributed by atoms with Gasteiger partial charge in [0, 0.05) is 78.4 Å². The molecule has 0 amide bonds. The van der Waals surface area contributed by atoms with Crippen molar-refractivity contribution in [2.24, 2.45) is 0 Å². The van der Waals surface area contributed by atoms with Gasteiger partial charge in [-0.2, -0.15) is 15.3 Å². The number of nitro groups is 1. The third kappa shape index (κ3) is 10.3. The summed E-state index contributed by atoms with van der Waals surface area (Å²) >= 11 is 10.4. The Morgan fingerprint density at radius 2 is 0.958 bits per heavy atom. The van der Waals surface area contributed by atoms with Crippen LogP contribution < -0.4 is 11.5 Å². The number of non-ortho nitro benzene ring substituents is 1. The zero-order chi connectivity index (χ0) is 34.1. The molecule has 2 radical (unpaired) electrons. The van der Waals surface area contributed by atoms with Crippen LogP contribution in [0.25, 0.3) is 33.8 Å². The molecule has 250 valence electrons. The van der Waals surface area contributed by atoms with E-state index in [1.807, 2.05) is 83.4 Å². The van der Waals surface area contributed by atoms with E-state index >= 15 is 0 Å². The van der Waals surface area contributed by atoms with Gasteiger partial charge in [0.05, 0.1) is 18.3 Å². The summed E-state index contributed by atoms with van der Waals surface area (Å²) in [5, 5.41) is 24.0. The molecule has 0 spiro atoms. The molecule has 3 aromatic heterocycles. The minimum atomic E-state index is -0.409. The van der Waals surface area contributed by atoms with Crippen LogP contribution in [0.3, 0.4) is 0 Å². The SMILES string of the molecule is CCn1cc(Br)c(-c2cccc(N)c2)n1.CCn1cc(Br)c(-c2cccc(N)c2)n1.CCn1cc(Br)c(-c2cccc([N+](=O)[O-])c2)n1.[SnH2]. The van der Waals surface area contributed by atoms with Gasteiger partial charge in [-0.3, -0.25) is 24.2 Å². The van der Waals surface area contributed by atoms with E-state index in [1.165, 1.54) is 12.1 Å². The molecule has 48 heavy (non-hydrogen) atoms. The van der Waals surface area contributed by atoms with Crippen LogP contribution in [-0.2, 0) is 19.6 Å². The van der Waals surface area contributed by atoms with Crippen molar-refractivity contribution in [1.82, 2.24) is 29.3 Å². The fraction of sp³-hybridized carbons (Fsp3) is 0.182. The van der Waals surface area contributed by atoms with Crippen molar-refractivity contribution < 1.29 is 4.92 Å². The standard InChI is InChI=1S/C11H10BrN3O2.2C11H12BrN3.Sn.2H/c1-2-14-7-10(12)11(13-14)8-4-3-5-9(6-8)15(16)17;2*1-2-15-7-10(12)11(14-15)8-4-3-5-9(13)6-8;;;/h3-7H,2H2,1H3;2*3-7H,2,13H2,1H3;;;. The fourth-order valence-corrected chi connectivity index (χ4v) is 6.04. The predicted molar refractivity (Wildman–Crippen MR) is 207 cm³/mol. The number of rotatable bonds is 7. The summed E-state index contributed by atoms with van der Waals surface area (Å²) in [4.78, 5) is 10.3. The Labute approximate surface area is 321 Å². The van der Waals surface area contributed by atoms with E-state index in [0.717, 1.165) is 78.2 Å². The van der Waals surface area contributed by atoms with Crippen molar-refractivity contribution in [1.29, 1.82) is 0 Å². The summed E-state index contributed by atoms with van der Waals surface area (Å²) in [5.41, 5.74) is 18.4. The summed E-state index contributed by atoms with van der Waals surface area (Å²) in [7, 11) is 0. The average molecular weight is 949 g/mol. The zero-order valence-electron chi connectivity index (χ0n) is 26.7. The molecule has 11 nitrogen and oxygen atoms in total. The Kier molecular flexibility index (Phi) is 14.9. The summed E-state index contributed by atoms with van der Waals surface area (Å²) < 4.78 is 8.38. The van der Waals surface area contributed by atoms with E-state index in [-0.39, 0.29) is 29.6 Å². The second-order valence-electron chi connectivity index (χ2n) is 10.1. The number of hydrogen-bond acceptors (Lipinski definition) is 7. The normalized spacial score (nSPS) is 10.3. The molecule has 6 aromatic rings. The Hall–Kier alpha value is -3.47. The number of nitro benzene ring substituents is 1. The van der Waals surface area contributed by atoms with Crippen LogP contribution in [-0.4, -0.2) is 58.2 Å². The molecule has 6 rings (SSSR count). The topological polar surface area (TPSA) is 149 Å². The monoisotopic (exact) mass is 947 g/mol. The molecule has 0 saturated heterocycles. The van der Waals surface area contributed by atoms with Crippen molar-refractivity contribution >= 4 is 88.8 Å². The van der Waals surface area contributed by atoms with Gasteiger partial charge in [-0.15, -0.1) is 0 Å². The fourth-order valence-electron chi connectivity index (χ4n) is 4.40. The number of nitrogen functional groups attached to an aromatic ring is 2. The first-order valence-electron chi connectivity index (χ1n) is 14.7. The number of nitrogens with two attached hydrogens (primary N) is 2. The maximum atomic E-state index is 10.7. The molecule has 0 unspecified atom stereocenters. The van der Waals surface area contributed by atoms with Crippen molar-refractivity contribution in [3.05, 3.63) is 115 Å². The third-order valence-electron chi connectivity index (χ3n) is 6.77. The van der Waals surface area contributed by atoms with E-state index < -0.39 is 4.92 Å². The van der Waals surface area contributed by atoms with Crippen LogP contribution in [0.15, 0.2) is 105 Å². The second-order valence-corrected chi connectivity index (χ2v) is 12.7. The van der Waals surface area contributed by atoms with Crippen molar-refractivity contribution in [2.75, 3.05) is 11.5 Å². The van der Waals surface area contributed by atoms with Crippen LogP contribution >= 0.6 is 47.8 Å². The van der Waals surface area contributed by atoms with Crippen LogP contribution in [0.5, 0.6) is 0 Å². The molecule has 0 aliphatic rings. The van der Waals surface area contributed by atoms with Gasteiger partial charge in [0.1, 0.15) is 17.1 Å². The summed E-state index contributed by atoms with van der Waals surface area (Å²) in [6.45, 7) is 8.58. The molecule has 0 aliphatic heterocycles. The summed E-state index contributed by atoms with van der Waals surface area (Å²) in [6, 6.07) is 21.9. The van der Waals surface area contributed by atoms with Gasteiger partial charge in [-0.05, 0) is 92.8 Å². The van der Waals surface area contributed by atoms with E-state index in [2.05, 4.69) is 76.9 Å². The number of benzene rings is 3. The van der Waals surface area contributed by atoms with Gasteiger partial charge in [0.2, 0.25) is 0 Å². The Bertz CT molecular complexity index is 1880. The molecule has 0 saturated carbocycles. The molecule has 0 fully saturated rings. The molecule has 0 aliphatic carbocycles. The molecular formula is C33H36Br3N9O2Sn. The van der Waals surface area contributed by atoms with Gasteiger partial charge in [-0.25, -0.2) is 0 Å². The maximum absolute atomic E-state index is 10.7. The number of aromatic nitrogens is 6. The number of hydrogen-bond donors (Lipinski definition) is 2. The average Bonchev–Trinajstić information content (AvgIpc) is 3.77. The molecule has 3 aromatic carbocycles. The molecule has 15 heteroatoms. The van der Waals surface area contributed by atoms with Crippen LogP contribution in [0.2, 0.25) is 0 Å². The Morgan fingerprint density at radius 3 is 1.25 bits per heavy atom. The van der Waals surface area contributed by atoms with Gasteiger partial charge >= 0.3 is 23.9 Å². The first kappa shape index (κ1) is 39.0. The molecule has 4 N–H and O–H groups in total. The van der Waals surface area contributed by atoms with Crippen molar-refractivity contribution in [3.63, 3.8) is 0 Å².